The zero-order valence-electron chi connectivity index (χ0n) is 20.8. The number of para-hydroxylation sites is 1. The van der Waals surface area contributed by atoms with Crippen molar-refractivity contribution in [3.63, 3.8) is 0 Å². The van der Waals surface area contributed by atoms with Crippen molar-refractivity contribution in [3.05, 3.63) is 129 Å². The first-order chi connectivity index (χ1) is 19.0. The van der Waals surface area contributed by atoms with Crippen molar-refractivity contribution in [2.75, 3.05) is 16.6 Å². The highest BCUT2D eigenvalue weighted by atomic mass is 79.9. The summed E-state index contributed by atoms with van der Waals surface area (Å²) in [5.74, 6) is -0.486. The van der Waals surface area contributed by atoms with Gasteiger partial charge in [0, 0.05) is 26.2 Å². The molecule has 39 heavy (non-hydrogen) atoms. The molecule has 0 fully saturated rings. The fourth-order valence-corrected chi connectivity index (χ4v) is 6.44. The van der Waals surface area contributed by atoms with E-state index < -0.39 is 11.0 Å². The van der Waals surface area contributed by atoms with Crippen molar-refractivity contribution in [1.82, 2.24) is 0 Å². The molecule has 9 heteroatoms. The summed E-state index contributed by atoms with van der Waals surface area (Å²) in [6, 6.07) is 33.5. The van der Waals surface area contributed by atoms with Gasteiger partial charge in [0.05, 0.1) is 23.7 Å². The second kappa shape index (κ2) is 10.5. The van der Waals surface area contributed by atoms with E-state index in [1.165, 1.54) is 11.8 Å². The van der Waals surface area contributed by atoms with Crippen LogP contribution in [0.15, 0.2) is 118 Å². The number of ether oxygens (including phenoxy) is 1. The topological polar surface area (TPSA) is 57.5 Å². The molecule has 6 nitrogen and oxygen atoms in total. The number of esters is 1. The first kappa shape index (κ1) is 25.7. The molecule has 6 rings (SSSR count). The molecular weight excluding hydrogens is 596 g/mol. The first-order valence-corrected chi connectivity index (χ1v) is 14.3. The van der Waals surface area contributed by atoms with Crippen LogP contribution < -0.4 is 10.0 Å². The Hall–Kier alpha value is -3.59. The summed E-state index contributed by atoms with van der Waals surface area (Å²) in [5.41, 5.74) is 5.18. The Kier molecular flexibility index (Phi) is 6.93. The average Bonchev–Trinajstić information content (AvgIpc) is 3.36. The standard InChI is InChI=1S/C30H22BrClN4O2S/c1-2-38-29(37)28-34-36(24-12-8-9-22(32)19-24)30(39-28)26-14-7-6-13-25(26)27(20-15-17-21(31)18-16-20)33-35(30)23-10-4-3-5-11-23/h3-19H,2H2,1H3/t30-/m1/s1. The van der Waals surface area contributed by atoms with Crippen LogP contribution in [0.5, 0.6) is 0 Å². The fourth-order valence-electron chi connectivity index (χ4n) is 4.71. The van der Waals surface area contributed by atoms with E-state index in [4.69, 9.17) is 26.5 Å². The number of thioether (sulfide) groups is 1. The maximum atomic E-state index is 13.1. The van der Waals surface area contributed by atoms with Crippen LogP contribution in [0.25, 0.3) is 0 Å². The minimum absolute atomic E-state index is 0.231. The third kappa shape index (κ3) is 4.52. The molecule has 0 unspecified atom stereocenters. The van der Waals surface area contributed by atoms with Gasteiger partial charge in [0.25, 0.3) is 0 Å². The van der Waals surface area contributed by atoms with Crippen LogP contribution in [0.4, 0.5) is 11.4 Å². The summed E-state index contributed by atoms with van der Waals surface area (Å²) >= 11 is 11.3. The number of hydrazone groups is 2. The monoisotopic (exact) mass is 616 g/mol. The molecule has 0 saturated carbocycles. The Morgan fingerprint density at radius 3 is 2.33 bits per heavy atom. The molecule has 0 aliphatic carbocycles. The highest BCUT2D eigenvalue weighted by Crippen LogP contribution is 2.55. The van der Waals surface area contributed by atoms with E-state index in [9.17, 15) is 4.79 Å². The molecule has 0 amide bonds. The van der Waals surface area contributed by atoms with Crippen molar-refractivity contribution in [3.8, 4) is 0 Å². The van der Waals surface area contributed by atoms with E-state index in [-0.39, 0.29) is 11.7 Å². The second-order valence-electron chi connectivity index (χ2n) is 8.78. The van der Waals surface area contributed by atoms with E-state index in [0.29, 0.717) is 10.7 Å². The van der Waals surface area contributed by atoms with Crippen LogP contribution in [0.2, 0.25) is 5.02 Å². The lowest BCUT2D eigenvalue weighted by Crippen LogP contribution is -2.54. The highest BCUT2D eigenvalue weighted by Gasteiger charge is 2.56. The van der Waals surface area contributed by atoms with Crippen molar-refractivity contribution < 1.29 is 9.53 Å². The number of benzene rings is 4. The molecular formula is C30H22BrClN4O2S. The predicted molar refractivity (Wildman–Crippen MR) is 162 cm³/mol. The number of carbonyl (C=O) groups is 1. The molecule has 0 aromatic heterocycles. The zero-order chi connectivity index (χ0) is 27.0. The predicted octanol–water partition coefficient (Wildman–Crippen LogP) is 7.62. The van der Waals surface area contributed by atoms with Gasteiger partial charge in [-0.1, -0.05) is 88.2 Å². The number of nitrogens with zero attached hydrogens (tertiary/aromatic N) is 4. The van der Waals surface area contributed by atoms with Gasteiger partial charge in [-0.05, 0) is 61.2 Å². The SMILES string of the molecule is CCOC(=O)C1=NN(c2cccc(Cl)c2)[C@@]2(S1)c1ccccc1C(c1ccc(Br)cc1)=NN2c1ccccc1. The third-order valence-electron chi connectivity index (χ3n) is 6.36. The van der Waals surface area contributed by atoms with Crippen LogP contribution in [0.3, 0.4) is 0 Å². The molecule has 2 aliphatic rings. The van der Waals surface area contributed by atoms with Crippen LogP contribution >= 0.6 is 39.3 Å². The number of rotatable bonds is 5. The van der Waals surface area contributed by atoms with Gasteiger partial charge in [-0.3, -0.25) is 0 Å². The Balaban J connectivity index is 1.64. The molecule has 0 bridgehead atoms. The first-order valence-electron chi connectivity index (χ1n) is 12.3. The summed E-state index contributed by atoms with van der Waals surface area (Å²) in [4.78, 5) is 12.0. The lowest BCUT2D eigenvalue weighted by molar-refractivity contribution is -0.134. The minimum Gasteiger partial charge on any atom is -0.461 e. The van der Waals surface area contributed by atoms with Gasteiger partial charge in [-0.15, -0.1) is 0 Å². The van der Waals surface area contributed by atoms with Gasteiger partial charge in [-0.2, -0.15) is 10.2 Å². The number of halogens is 2. The van der Waals surface area contributed by atoms with E-state index in [0.717, 1.165) is 32.6 Å². The van der Waals surface area contributed by atoms with Gasteiger partial charge in [0.15, 0.2) is 0 Å². The second-order valence-corrected chi connectivity index (χ2v) is 11.3. The van der Waals surface area contributed by atoms with Crippen LogP contribution in [-0.2, 0) is 14.5 Å². The van der Waals surface area contributed by atoms with E-state index in [2.05, 4.69) is 28.1 Å². The van der Waals surface area contributed by atoms with Gasteiger partial charge in [0.1, 0.15) is 0 Å². The number of fused-ring (bicyclic) bond motifs is 2. The number of hydrogen-bond donors (Lipinski definition) is 0. The molecule has 4 aromatic rings. The minimum atomic E-state index is -1.08. The lowest BCUT2D eigenvalue weighted by Gasteiger charge is -2.47. The van der Waals surface area contributed by atoms with E-state index in [1.807, 2.05) is 101 Å². The van der Waals surface area contributed by atoms with Crippen molar-refractivity contribution >= 4 is 67.4 Å². The molecule has 1 spiro atoms. The summed E-state index contributed by atoms with van der Waals surface area (Å²) in [6.45, 7) is 2.02. The molecule has 0 saturated heterocycles. The van der Waals surface area contributed by atoms with E-state index in [1.54, 1.807) is 6.92 Å². The Bertz CT molecular complexity index is 1610. The largest absolute Gasteiger partial charge is 0.461 e. The fraction of sp³-hybridized carbons (Fsp3) is 0.100. The molecule has 194 valence electrons. The Morgan fingerprint density at radius 1 is 0.897 bits per heavy atom. The van der Waals surface area contributed by atoms with Gasteiger partial charge >= 0.3 is 5.97 Å². The van der Waals surface area contributed by atoms with Crippen molar-refractivity contribution in [2.24, 2.45) is 10.2 Å². The summed E-state index contributed by atoms with van der Waals surface area (Å²) < 4.78 is 6.38. The molecule has 0 N–H and O–H groups in total. The normalized spacial score (nSPS) is 18.0. The van der Waals surface area contributed by atoms with Crippen LogP contribution in [0.1, 0.15) is 23.6 Å². The molecule has 1 atom stereocenters. The average molecular weight is 618 g/mol. The summed E-state index contributed by atoms with van der Waals surface area (Å²) in [5, 5.41) is 14.7. The Labute approximate surface area is 244 Å². The highest BCUT2D eigenvalue weighted by molar-refractivity contribution is 9.10. The van der Waals surface area contributed by atoms with Gasteiger partial charge in [-0.25, -0.2) is 14.8 Å². The number of anilines is 2. The molecule has 2 aliphatic heterocycles. The molecule has 2 heterocycles. The molecule has 4 aromatic carbocycles. The Morgan fingerprint density at radius 2 is 1.59 bits per heavy atom. The summed E-state index contributed by atoms with van der Waals surface area (Å²) in [6.07, 6.45) is 0. The maximum absolute atomic E-state index is 13.1. The lowest BCUT2D eigenvalue weighted by atomic mass is 9.93. The van der Waals surface area contributed by atoms with Gasteiger partial charge < -0.3 is 4.74 Å². The quantitative estimate of drug-likeness (QED) is 0.216. The number of carbonyl (C=O) groups excluding carboxylic acids is 1. The zero-order valence-corrected chi connectivity index (χ0v) is 24.0. The number of hydrogen-bond acceptors (Lipinski definition) is 7. The van der Waals surface area contributed by atoms with Crippen LogP contribution in [0, 0.1) is 0 Å². The van der Waals surface area contributed by atoms with Crippen molar-refractivity contribution in [2.45, 2.75) is 11.9 Å². The van der Waals surface area contributed by atoms with E-state index >= 15 is 0 Å². The summed E-state index contributed by atoms with van der Waals surface area (Å²) in [7, 11) is 0. The third-order valence-corrected chi connectivity index (χ3v) is 8.41. The molecule has 0 radical (unpaired) electrons. The van der Waals surface area contributed by atoms with Gasteiger partial charge in [0.2, 0.25) is 10.0 Å². The van der Waals surface area contributed by atoms with Crippen molar-refractivity contribution in [1.29, 1.82) is 0 Å². The smallest absolute Gasteiger partial charge is 0.365 e. The van der Waals surface area contributed by atoms with Crippen LogP contribution in [-0.4, -0.2) is 23.3 Å². The maximum Gasteiger partial charge on any atom is 0.365 e.